The van der Waals surface area contributed by atoms with Gasteiger partial charge in [0.05, 0.1) is 42.1 Å². The average molecular weight is 1670 g/mol. The summed E-state index contributed by atoms with van der Waals surface area (Å²) >= 11 is 10.5. The number of carbonyl (C=O) groups excluding carboxylic acids is 5. The van der Waals surface area contributed by atoms with Gasteiger partial charge in [0.1, 0.15) is 28.8 Å². The summed E-state index contributed by atoms with van der Waals surface area (Å²) in [6, 6.07) is 53.5. The van der Waals surface area contributed by atoms with E-state index in [0.717, 1.165) is 114 Å². The fraction of sp³-hybridized carbons (Fsp3) is 0.281. The molecule has 119 heavy (non-hydrogen) atoms. The first-order chi connectivity index (χ1) is 57.2. The molecule has 16 rings (SSSR count). The van der Waals surface area contributed by atoms with Crippen molar-refractivity contribution in [3.8, 4) is 44.6 Å². The number of nitriles is 1. The number of nitrogens with one attached hydrogen (secondary N) is 1. The van der Waals surface area contributed by atoms with Crippen molar-refractivity contribution in [3.05, 3.63) is 271 Å². The van der Waals surface area contributed by atoms with Crippen LogP contribution in [0.3, 0.4) is 0 Å². The van der Waals surface area contributed by atoms with Crippen LogP contribution in [0.1, 0.15) is 128 Å². The largest absolute Gasteiger partial charge is 0.481 e. The molecule has 7 atom stereocenters. The van der Waals surface area contributed by atoms with Crippen LogP contribution in [0.15, 0.2) is 238 Å². The van der Waals surface area contributed by atoms with E-state index >= 15 is 0 Å². The van der Waals surface area contributed by atoms with E-state index in [0.29, 0.717) is 17.4 Å². The van der Waals surface area contributed by atoms with Gasteiger partial charge < -0.3 is 33.0 Å². The van der Waals surface area contributed by atoms with Gasteiger partial charge in [-0.15, -0.1) is 34.0 Å². The minimum absolute atomic E-state index is 0.0203. The van der Waals surface area contributed by atoms with Gasteiger partial charge in [0.25, 0.3) is 11.8 Å². The van der Waals surface area contributed by atoms with Crippen LogP contribution >= 0.6 is 45.6 Å². The maximum Gasteiger partial charge on any atom is 0.266 e. The topological polar surface area (TPSA) is 353 Å². The molecule has 1 saturated carbocycles. The third kappa shape index (κ3) is 17.3. The van der Waals surface area contributed by atoms with E-state index in [1.54, 1.807) is 106 Å². The van der Waals surface area contributed by atoms with Crippen LogP contribution in [-0.2, 0) is 52.7 Å². The summed E-state index contributed by atoms with van der Waals surface area (Å²) < 4.78 is 20.2. The second-order valence-corrected chi connectivity index (χ2v) is 33.4. The number of benzene rings is 5. The predicted molar refractivity (Wildman–Crippen MR) is 465 cm³/mol. The molecule has 25 nitrogen and oxygen atoms in total. The molecule has 9 N–H and O–H groups in total. The Balaban J connectivity index is 0.000000139. The molecule has 5 aliphatic rings. The van der Waals surface area contributed by atoms with Gasteiger partial charge in [-0.05, 0) is 174 Å². The second-order valence-electron chi connectivity index (χ2n) is 30.1. The van der Waals surface area contributed by atoms with Gasteiger partial charge in [0.2, 0.25) is 23.6 Å². The highest BCUT2D eigenvalue weighted by molar-refractivity contribution is 7.15. The van der Waals surface area contributed by atoms with Crippen LogP contribution in [0.5, 0.6) is 5.88 Å². The summed E-state index contributed by atoms with van der Waals surface area (Å²) in [5.74, 6) is 0.0780. The summed E-state index contributed by atoms with van der Waals surface area (Å²) in [4.78, 5) is 107. The standard InChI is InChI=1S/C30H34N4O2.C23H21N5O2S.C19H17ClFN5OS.C17H19N5OS/c1-3-5-12-23(4-2)27(35)32-26-19-17-22(18-20-26)21-34-28(36)30(33-29(34)31,24-13-8-6-9-14-24)25-15-10-7-11-16-25;1-23(18-10-17(13-31-18)15-6-4-5-14(9-15)11-24)20(21(29)28(2)22(25)27-23)16-7-8-19(30-3)26-12-16;1-19(15-9-12(10-28-15)11-4-5-14(21)13(20)8-11)16(26-7-3-6-23-26)17(27)25(2)18(22)24-19;1-17(13-6-5-12(24-13)11-7-19-9-20-8-11)14(10-3-4-10)15(23)22(2)16(18)21-17/h6-11,13-20,23H,3-5,12,21H2,1-2H3,(H2,31,33)(H,32,35);4-10,12-13,20H,1-3H3,(H2,25,27);3-10,16H,1-2H3,(H2,22,24);5-10,14H,3-4H2,1-2H3,(H2,18,21)/t;20-,23+;16?,19-;14-,17+/m.010/s1. The number of rotatable bonds is 20. The molecule has 11 aromatic rings. The van der Waals surface area contributed by atoms with Crippen molar-refractivity contribution in [1.82, 2.24) is 44.3 Å². The highest BCUT2D eigenvalue weighted by atomic mass is 35.5. The fourth-order valence-electron chi connectivity index (χ4n) is 15.3. The van der Waals surface area contributed by atoms with Gasteiger partial charge in [-0.1, -0.05) is 135 Å². The number of aromatic nitrogens is 5. The van der Waals surface area contributed by atoms with Gasteiger partial charge in [-0.2, -0.15) is 10.4 Å². The first-order valence-corrected chi connectivity index (χ1v) is 41.7. The normalized spacial score (nSPS) is 20.9. The Morgan fingerprint density at radius 3 is 1.85 bits per heavy atom. The molecule has 0 bridgehead atoms. The SMILES string of the molecule is CCCCC(CC)C(=O)Nc1ccc(CN2C(=O)C(c3ccccc3)(c3ccccc3)N=C2N)cc1.CN1C(=O)C(n2cccn2)[C@@](C)(c2cc(-c3ccc(F)c(Cl)c3)cs2)N=C1N.CN1C(=O)[C@H](C2CC2)[C@@](C)(c2ccc(-c3cncnc3)s2)N=C1N.COc1ccc([C@H]2C(=O)N(C)C(N)=N[C@]2(C)c2cc(-c3cccc(C#N)c3)cs2)cn1. The number of aliphatic imine (C=N–C) groups is 4. The molecule has 2 unspecified atom stereocenters. The van der Waals surface area contributed by atoms with Gasteiger partial charge in [-0.3, -0.25) is 48.3 Å². The number of hydrogen-bond donors (Lipinski definition) is 5. The smallest absolute Gasteiger partial charge is 0.266 e. The summed E-state index contributed by atoms with van der Waals surface area (Å²) in [6.45, 7) is 10.3. The average Bonchev–Trinajstić information content (AvgIpc) is 1.66. The number of methoxy groups -OCH3 is 1. The number of anilines is 1. The number of pyridine rings is 1. The minimum atomic E-state index is -1.21. The van der Waals surface area contributed by atoms with Crippen molar-refractivity contribution < 1.29 is 33.1 Å². The molecule has 1 aliphatic carbocycles. The lowest BCUT2D eigenvalue weighted by Crippen LogP contribution is -2.54. The Kier molecular flexibility index (Phi) is 25.3. The second kappa shape index (κ2) is 35.7. The number of likely N-dealkylation sites (N-methyl/N-ethyl adjacent to an activating group) is 2. The highest BCUT2D eigenvalue weighted by Gasteiger charge is 2.55. The molecular weight excluding hydrogens is 1580 g/mol. The third-order valence-electron chi connectivity index (χ3n) is 22.2. The Labute approximate surface area is 706 Å². The van der Waals surface area contributed by atoms with Crippen LogP contribution in [-0.4, -0.2) is 126 Å². The van der Waals surface area contributed by atoms with Crippen molar-refractivity contribution >= 4 is 105 Å². The Hall–Kier alpha value is -12.6. The Morgan fingerprint density at radius 2 is 1.27 bits per heavy atom. The zero-order valence-corrected chi connectivity index (χ0v) is 70.3. The van der Waals surface area contributed by atoms with Crippen molar-refractivity contribution in [2.75, 3.05) is 33.6 Å². The van der Waals surface area contributed by atoms with E-state index in [4.69, 9.17) is 54.2 Å². The summed E-state index contributed by atoms with van der Waals surface area (Å²) in [7, 11) is 6.47. The number of unbranched alkanes of at least 4 members (excludes halogenated alkanes) is 1. The Bertz CT molecular complexity index is 5660. The first-order valence-electron chi connectivity index (χ1n) is 38.7. The van der Waals surface area contributed by atoms with Gasteiger partial charge in [-0.25, -0.2) is 39.3 Å². The summed E-state index contributed by atoms with van der Waals surface area (Å²) in [6.07, 6.45) is 16.1. The van der Waals surface area contributed by atoms with Crippen LogP contribution in [0, 0.1) is 34.9 Å². The van der Waals surface area contributed by atoms with Crippen molar-refractivity contribution in [3.63, 3.8) is 0 Å². The van der Waals surface area contributed by atoms with E-state index < -0.39 is 39.9 Å². The lowest BCUT2D eigenvalue weighted by atomic mass is 9.78. The van der Waals surface area contributed by atoms with Gasteiger partial charge >= 0.3 is 0 Å². The lowest BCUT2D eigenvalue weighted by molar-refractivity contribution is -0.135. The monoisotopic (exact) mass is 1670 g/mol. The van der Waals surface area contributed by atoms with Crippen molar-refractivity contribution in [2.24, 2.45) is 60.7 Å². The zero-order valence-electron chi connectivity index (χ0n) is 67.1. The first kappa shape index (κ1) is 84.3. The zero-order chi connectivity index (χ0) is 84.7. The predicted octanol–water partition coefficient (Wildman–Crippen LogP) is 14.8. The van der Waals surface area contributed by atoms with E-state index in [1.807, 2.05) is 166 Å². The number of amides is 5. The van der Waals surface area contributed by atoms with E-state index in [9.17, 15) is 33.6 Å². The molecule has 0 spiro atoms. The number of carbonyl (C=O) groups is 5. The fourth-order valence-corrected chi connectivity index (χ4v) is 18.7. The maximum absolute atomic E-state index is 13.9. The van der Waals surface area contributed by atoms with Gasteiger partial charge in [0, 0.05) is 94.9 Å². The number of nitrogens with zero attached hydrogens (tertiary/aromatic N) is 14. The Morgan fingerprint density at radius 1 is 0.655 bits per heavy atom. The summed E-state index contributed by atoms with van der Waals surface area (Å²) in [5, 5.41) is 20.5. The lowest BCUT2D eigenvalue weighted by Gasteiger charge is -2.40. The number of hydrogen-bond acceptors (Lipinski definition) is 22. The molecule has 30 heteroatoms. The molecule has 1 fully saturated rings. The number of guanidine groups is 4. The third-order valence-corrected chi connectivity index (χ3v) is 26.2. The van der Waals surface area contributed by atoms with Crippen LogP contribution in [0.2, 0.25) is 5.02 Å². The highest BCUT2D eigenvalue weighted by Crippen LogP contribution is 2.53. The van der Waals surface area contributed by atoms with Gasteiger partial charge in [0.15, 0.2) is 35.4 Å². The van der Waals surface area contributed by atoms with E-state index in [-0.39, 0.29) is 76.8 Å². The quantitative estimate of drug-likeness (QED) is 0.0473. The molecule has 6 aromatic heterocycles. The van der Waals surface area contributed by atoms with Crippen molar-refractivity contribution in [2.45, 2.75) is 114 Å². The number of ether oxygens (including phenoxy) is 1. The van der Waals surface area contributed by atoms with E-state index in [1.165, 1.54) is 54.7 Å². The number of thiophene rings is 3. The molecule has 610 valence electrons. The van der Waals surface area contributed by atoms with Crippen LogP contribution in [0.4, 0.5) is 10.1 Å². The number of halogens is 2. The summed E-state index contributed by atoms with van der Waals surface area (Å²) in [5.41, 5.74) is 29.9. The molecule has 4 aliphatic heterocycles. The van der Waals surface area contributed by atoms with Crippen molar-refractivity contribution in [1.29, 1.82) is 5.26 Å². The molecule has 5 aromatic carbocycles. The molecular formula is C89H91ClFN19O6S3. The van der Waals surface area contributed by atoms with E-state index in [2.05, 4.69) is 49.4 Å². The number of nitrogens with two attached hydrogens (primary N) is 4. The van der Waals surface area contributed by atoms with Crippen LogP contribution in [0.25, 0.3) is 32.7 Å². The molecule has 0 saturated heterocycles. The molecule has 0 radical (unpaired) electrons. The molecule has 5 amide bonds. The molecule has 10 heterocycles. The maximum atomic E-state index is 13.9. The minimum Gasteiger partial charge on any atom is -0.481 e. The van der Waals surface area contributed by atoms with Crippen LogP contribution < -0.4 is 33.0 Å².